The normalized spacial score (nSPS) is 25.8. The Labute approximate surface area is 114 Å². The van der Waals surface area contributed by atoms with E-state index < -0.39 is 35.3 Å². The van der Waals surface area contributed by atoms with Crippen molar-refractivity contribution in [1.82, 2.24) is 0 Å². The molecule has 1 fully saturated rings. The topological polar surface area (TPSA) is 37.4 Å². The average Bonchev–Trinajstić information content (AvgIpc) is 2.63. The Morgan fingerprint density at radius 1 is 1.15 bits per heavy atom. The first-order chi connectivity index (χ1) is 9.49. The minimum absolute atomic E-state index is 0.159. The number of imide groups is 1. The van der Waals surface area contributed by atoms with Crippen LogP contribution in [0.15, 0.2) is 29.8 Å². The van der Waals surface area contributed by atoms with Crippen LogP contribution in [0.5, 0.6) is 0 Å². The van der Waals surface area contributed by atoms with Crippen molar-refractivity contribution < 1.29 is 18.4 Å². The predicted octanol–water partition coefficient (Wildman–Crippen LogP) is 2.81. The van der Waals surface area contributed by atoms with Gasteiger partial charge >= 0.3 is 0 Å². The van der Waals surface area contributed by atoms with Crippen LogP contribution in [0.2, 0.25) is 0 Å². The Morgan fingerprint density at radius 3 is 2.55 bits per heavy atom. The van der Waals surface area contributed by atoms with E-state index in [2.05, 4.69) is 0 Å². The highest BCUT2D eigenvalue weighted by Crippen LogP contribution is 2.40. The molecule has 2 atom stereocenters. The standard InChI is InChI=1S/C15H13F2NO2/c1-8-2-4-10-11(6-8)15(20)18(14(10)19)13-5-3-9(16)7-12(13)17/h2-3,5,7,10-11H,4,6H2,1H3. The molecule has 5 heteroatoms. The smallest absolute Gasteiger partial charge is 0.238 e. The molecular weight excluding hydrogens is 264 g/mol. The summed E-state index contributed by atoms with van der Waals surface area (Å²) < 4.78 is 26.7. The van der Waals surface area contributed by atoms with E-state index in [1.54, 1.807) is 0 Å². The van der Waals surface area contributed by atoms with Gasteiger partial charge in [-0.2, -0.15) is 0 Å². The summed E-state index contributed by atoms with van der Waals surface area (Å²) in [4.78, 5) is 25.5. The van der Waals surface area contributed by atoms with Crippen LogP contribution in [0.25, 0.3) is 0 Å². The fraction of sp³-hybridized carbons (Fsp3) is 0.333. The first-order valence-corrected chi connectivity index (χ1v) is 6.47. The van der Waals surface area contributed by atoms with Crippen molar-refractivity contribution in [1.29, 1.82) is 0 Å². The van der Waals surface area contributed by atoms with Crippen molar-refractivity contribution in [2.75, 3.05) is 4.90 Å². The van der Waals surface area contributed by atoms with E-state index in [0.29, 0.717) is 18.9 Å². The van der Waals surface area contributed by atoms with E-state index in [1.807, 2.05) is 13.0 Å². The molecule has 2 amide bonds. The summed E-state index contributed by atoms with van der Waals surface area (Å²) in [6.07, 6.45) is 2.96. The number of rotatable bonds is 1. The first-order valence-electron chi connectivity index (χ1n) is 6.47. The lowest BCUT2D eigenvalue weighted by Crippen LogP contribution is -2.31. The molecule has 3 rings (SSSR count). The summed E-state index contributed by atoms with van der Waals surface area (Å²) in [5, 5.41) is 0. The largest absolute Gasteiger partial charge is 0.274 e. The van der Waals surface area contributed by atoms with Crippen molar-refractivity contribution in [3.8, 4) is 0 Å². The van der Waals surface area contributed by atoms with Gasteiger partial charge in [0.25, 0.3) is 0 Å². The van der Waals surface area contributed by atoms with Gasteiger partial charge in [0.05, 0.1) is 17.5 Å². The third kappa shape index (κ3) is 1.85. The maximum atomic E-state index is 13.8. The molecule has 0 N–H and O–H groups in total. The van der Waals surface area contributed by atoms with Crippen molar-refractivity contribution in [2.24, 2.45) is 11.8 Å². The number of halogens is 2. The maximum absolute atomic E-state index is 13.8. The predicted molar refractivity (Wildman–Crippen MR) is 68.8 cm³/mol. The molecule has 1 saturated heterocycles. The van der Waals surface area contributed by atoms with E-state index in [0.717, 1.165) is 22.6 Å². The van der Waals surface area contributed by atoms with Crippen LogP contribution in [-0.4, -0.2) is 11.8 Å². The van der Waals surface area contributed by atoms with Crippen LogP contribution in [0.4, 0.5) is 14.5 Å². The number of carbonyl (C=O) groups excluding carboxylic acids is 2. The fourth-order valence-electron chi connectivity index (χ4n) is 2.94. The van der Waals surface area contributed by atoms with E-state index in [9.17, 15) is 18.4 Å². The lowest BCUT2D eigenvalue weighted by molar-refractivity contribution is -0.122. The third-order valence-corrected chi connectivity index (χ3v) is 3.97. The summed E-state index contributed by atoms with van der Waals surface area (Å²) in [7, 11) is 0. The highest BCUT2D eigenvalue weighted by Gasteiger charge is 2.49. The highest BCUT2D eigenvalue weighted by atomic mass is 19.1. The second-order valence-corrected chi connectivity index (χ2v) is 5.31. The monoisotopic (exact) mass is 277 g/mol. The van der Waals surface area contributed by atoms with Crippen LogP contribution in [0.3, 0.4) is 0 Å². The molecule has 0 radical (unpaired) electrons. The second-order valence-electron chi connectivity index (χ2n) is 5.31. The quantitative estimate of drug-likeness (QED) is 0.584. The number of nitrogens with zero attached hydrogens (tertiary/aromatic N) is 1. The van der Waals surface area contributed by atoms with Gasteiger partial charge in [-0.15, -0.1) is 0 Å². The van der Waals surface area contributed by atoms with Gasteiger partial charge in [0.2, 0.25) is 11.8 Å². The third-order valence-electron chi connectivity index (χ3n) is 3.97. The van der Waals surface area contributed by atoms with Crippen molar-refractivity contribution in [3.63, 3.8) is 0 Å². The summed E-state index contributed by atoms with van der Waals surface area (Å²) in [6.45, 7) is 1.91. The fourth-order valence-corrected chi connectivity index (χ4v) is 2.94. The zero-order chi connectivity index (χ0) is 14.4. The lowest BCUT2D eigenvalue weighted by Gasteiger charge is -2.18. The number of allylic oxidation sites excluding steroid dienone is 2. The molecule has 20 heavy (non-hydrogen) atoms. The van der Waals surface area contributed by atoms with Gasteiger partial charge in [0, 0.05) is 6.07 Å². The van der Waals surface area contributed by atoms with Gasteiger partial charge in [0.1, 0.15) is 11.6 Å². The zero-order valence-electron chi connectivity index (χ0n) is 10.9. The van der Waals surface area contributed by atoms with Gasteiger partial charge in [-0.05, 0) is 31.9 Å². The zero-order valence-corrected chi connectivity index (χ0v) is 10.9. The van der Waals surface area contributed by atoms with Gasteiger partial charge in [0.15, 0.2) is 0 Å². The second kappa shape index (κ2) is 4.51. The number of benzene rings is 1. The van der Waals surface area contributed by atoms with E-state index >= 15 is 0 Å². The molecule has 1 aromatic rings. The van der Waals surface area contributed by atoms with E-state index in [-0.39, 0.29) is 5.69 Å². The molecule has 1 heterocycles. The molecule has 1 aromatic carbocycles. The van der Waals surface area contributed by atoms with Crippen LogP contribution in [0, 0.1) is 23.5 Å². The SMILES string of the molecule is CC1=CCC2C(=O)N(c3ccc(F)cc3F)C(=O)C2C1. The van der Waals surface area contributed by atoms with Gasteiger partial charge in [-0.1, -0.05) is 11.6 Å². The minimum atomic E-state index is -0.893. The Kier molecular flexibility index (Phi) is 2.92. The van der Waals surface area contributed by atoms with Crippen molar-refractivity contribution in [3.05, 3.63) is 41.5 Å². The molecule has 0 saturated carbocycles. The first kappa shape index (κ1) is 13.0. The molecule has 1 aliphatic heterocycles. The Balaban J connectivity index is 2.00. The molecule has 2 unspecified atom stereocenters. The molecule has 3 nitrogen and oxygen atoms in total. The molecule has 2 aliphatic rings. The summed E-state index contributed by atoms with van der Waals surface area (Å²) in [5.74, 6) is -3.25. The molecule has 0 aromatic heterocycles. The number of carbonyl (C=O) groups is 2. The molecule has 1 aliphatic carbocycles. The number of anilines is 1. The number of hydrogen-bond acceptors (Lipinski definition) is 2. The maximum Gasteiger partial charge on any atom is 0.238 e. The molecule has 104 valence electrons. The highest BCUT2D eigenvalue weighted by molar-refractivity contribution is 6.22. The minimum Gasteiger partial charge on any atom is -0.274 e. The summed E-state index contributed by atoms with van der Waals surface area (Å²) in [5.41, 5.74) is 0.905. The molecule has 0 bridgehead atoms. The van der Waals surface area contributed by atoms with Crippen LogP contribution < -0.4 is 4.90 Å². The molecule has 0 spiro atoms. The number of hydrogen-bond donors (Lipinski definition) is 0. The Morgan fingerprint density at radius 2 is 1.85 bits per heavy atom. The van der Waals surface area contributed by atoms with Crippen molar-refractivity contribution in [2.45, 2.75) is 19.8 Å². The van der Waals surface area contributed by atoms with Crippen LogP contribution in [0.1, 0.15) is 19.8 Å². The van der Waals surface area contributed by atoms with Crippen molar-refractivity contribution >= 4 is 17.5 Å². The average molecular weight is 277 g/mol. The van der Waals surface area contributed by atoms with Crippen LogP contribution >= 0.6 is 0 Å². The van der Waals surface area contributed by atoms with Gasteiger partial charge in [-0.25, -0.2) is 13.7 Å². The Hall–Kier alpha value is -2.04. The van der Waals surface area contributed by atoms with Gasteiger partial charge < -0.3 is 0 Å². The van der Waals surface area contributed by atoms with E-state index in [1.165, 1.54) is 0 Å². The summed E-state index contributed by atoms with van der Waals surface area (Å²) >= 11 is 0. The van der Waals surface area contributed by atoms with Crippen LogP contribution in [-0.2, 0) is 9.59 Å². The van der Waals surface area contributed by atoms with Gasteiger partial charge in [-0.3, -0.25) is 9.59 Å². The lowest BCUT2D eigenvalue weighted by atomic mass is 9.82. The summed E-state index contributed by atoms with van der Waals surface area (Å²) in [6, 6.07) is 2.86. The number of amides is 2. The van der Waals surface area contributed by atoms with E-state index in [4.69, 9.17) is 0 Å². The molecular formula is C15H13F2NO2. The Bertz CT molecular complexity index is 639. The number of fused-ring (bicyclic) bond motifs is 1.